The Hall–Kier alpha value is -2.67. The van der Waals surface area contributed by atoms with Crippen molar-refractivity contribution in [3.05, 3.63) is 48.0 Å². The first-order chi connectivity index (χ1) is 14.6. The first-order valence-corrected chi connectivity index (χ1v) is 11.2. The maximum absolute atomic E-state index is 12.9. The molecule has 1 saturated carbocycles. The van der Waals surface area contributed by atoms with E-state index in [9.17, 15) is 9.59 Å². The Balaban J connectivity index is 1.67. The van der Waals surface area contributed by atoms with Crippen LogP contribution >= 0.6 is 11.8 Å². The second-order valence-electron chi connectivity index (χ2n) is 7.52. The quantitative estimate of drug-likeness (QED) is 0.731. The van der Waals surface area contributed by atoms with Crippen LogP contribution in [0.1, 0.15) is 36.6 Å². The first-order valence-electron chi connectivity index (χ1n) is 10.2. The zero-order valence-electron chi connectivity index (χ0n) is 17.2. The van der Waals surface area contributed by atoms with Gasteiger partial charge in [-0.1, -0.05) is 31.0 Å². The number of rotatable bonds is 6. The third-order valence-corrected chi connectivity index (χ3v) is 6.92. The van der Waals surface area contributed by atoms with Gasteiger partial charge < -0.3 is 14.8 Å². The van der Waals surface area contributed by atoms with Gasteiger partial charge in [-0.2, -0.15) is 0 Å². The van der Waals surface area contributed by atoms with Crippen LogP contribution < -0.4 is 19.7 Å². The van der Waals surface area contributed by atoms with Gasteiger partial charge in [-0.25, -0.2) is 0 Å². The molecule has 6 nitrogen and oxygen atoms in total. The molecule has 2 aliphatic rings. The summed E-state index contributed by atoms with van der Waals surface area (Å²) in [6.07, 6.45) is 4.11. The first kappa shape index (κ1) is 20.6. The number of thioether (sulfide) groups is 1. The third kappa shape index (κ3) is 3.99. The molecule has 0 spiro atoms. The number of hydrogen-bond donors (Lipinski definition) is 1. The fourth-order valence-corrected chi connectivity index (χ4v) is 5.35. The van der Waals surface area contributed by atoms with Crippen molar-refractivity contribution in [2.45, 2.75) is 31.1 Å². The van der Waals surface area contributed by atoms with Crippen LogP contribution in [0, 0.1) is 5.92 Å². The van der Waals surface area contributed by atoms with Crippen molar-refractivity contribution in [3.63, 3.8) is 0 Å². The topological polar surface area (TPSA) is 67.9 Å². The van der Waals surface area contributed by atoms with E-state index in [1.54, 1.807) is 36.9 Å². The molecule has 2 amide bonds. The van der Waals surface area contributed by atoms with Gasteiger partial charge in [-0.05, 0) is 31.0 Å². The van der Waals surface area contributed by atoms with Gasteiger partial charge in [0, 0.05) is 23.2 Å². The van der Waals surface area contributed by atoms with E-state index in [1.165, 1.54) is 0 Å². The number of carbonyl (C=O) groups is 2. The number of carbonyl (C=O) groups excluding carboxylic acids is 2. The van der Waals surface area contributed by atoms with Gasteiger partial charge in [0.15, 0.2) is 0 Å². The average Bonchev–Trinajstić information content (AvgIpc) is 3.44. The minimum absolute atomic E-state index is 0.00499. The van der Waals surface area contributed by atoms with E-state index in [2.05, 4.69) is 5.32 Å². The van der Waals surface area contributed by atoms with Crippen LogP contribution in [0.5, 0.6) is 11.5 Å². The largest absolute Gasteiger partial charge is 0.497 e. The van der Waals surface area contributed by atoms with Gasteiger partial charge in [-0.15, -0.1) is 11.8 Å². The lowest BCUT2D eigenvalue weighted by atomic mass is 10.1. The van der Waals surface area contributed by atoms with E-state index < -0.39 is 0 Å². The van der Waals surface area contributed by atoms with Gasteiger partial charge in [0.25, 0.3) is 0 Å². The van der Waals surface area contributed by atoms with Gasteiger partial charge in [0.05, 0.1) is 25.7 Å². The molecule has 1 atom stereocenters. The molecule has 0 aromatic heterocycles. The normalized spacial score (nSPS) is 19.2. The van der Waals surface area contributed by atoms with Crippen LogP contribution in [0.3, 0.4) is 0 Å². The minimum atomic E-state index is -0.250. The molecule has 0 radical (unpaired) electrons. The SMILES string of the molecule is COc1ccc(N2C(=O)CSC2c2ccccc2NC(=O)C2CCCC2)c(OC)c1. The highest BCUT2D eigenvalue weighted by molar-refractivity contribution is 8.00. The fourth-order valence-electron chi connectivity index (χ4n) is 4.15. The lowest BCUT2D eigenvalue weighted by Crippen LogP contribution is -2.29. The summed E-state index contributed by atoms with van der Waals surface area (Å²) in [4.78, 5) is 27.3. The minimum Gasteiger partial charge on any atom is -0.497 e. The van der Waals surface area contributed by atoms with Crippen LogP contribution in [-0.2, 0) is 9.59 Å². The zero-order chi connectivity index (χ0) is 21.1. The van der Waals surface area contributed by atoms with Gasteiger partial charge in [-0.3, -0.25) is 14.5 Å². The lowest BCUT2D eigenvalue weighted by Gasteiger charge is -2.27. The molecular formula is C23H26N2O4S. The smallest absolute Gasteiger partial charge is 0.238 e. The molecule has 1 N–H and O–H groups in total. The predicted molar refractivity (Wildman–Crippen MR) is 119 cm³/mol. The van der Waals surface area contributed by atoms with Crippen LogP contribution in [-0.4, -0.2) is 31.8 Å². The van der Waals surface area contributed by atoms with Gasteiger partial charge in [0.2, 0.25) is 11.8 Å². The Morgan fingerprint density at radius 3 is 2.60 bits per heavy atom. The summed E-state index contributed by atoms with van der Waals surface area (Å²) < 4.78 is 10.8. The second-order valence-corrected chi connectivity index (χ2v) is 8.59. The molecule has 1 unspecified atom stereocenters. The summed E-state index contributed by atoms with van der Waals surface area (Å²) in [5.74, 6) is 1.75. The Morgan fingerprint density at radius 2 is 1.87 bits per heavy atom. The number of benzene rings is 2. The molecule has 158 valence electrons. The number of nitrogens with zero attached hydrogens (tertiary/aromatic N) is 1. The van der Waals surface area contributed by atoms with Crippen molar-refractivity contribution in [1.82, 2.24) is 0 Å². The van der Waals surface area contributed by atoms with Crippen molar-refractivity contribution >= 4 is 35.0 Å². The summed E-state index contributed by atoms with van der Waals surface area (Å²) in [7, 11) is 3.17. The molecular weight excluding hydrogens is 400 g/mol. The molecule has 7 heteroatoms. The zero-order valence-corrected chi connectivity index (χ0v) is 18.0. The molecule has 2 fully saturated rings. The lowest BCUT2D eigenvalue weighted by molar-refractivity contribution is -0.119. The Kier molecular flexibility index (Phi) is 6.18. The summed E-state index contributed by atoms with van der Waals surface area (Å²) >= 11 is 1.55. The van der Waals surface area contributed by atoms with Crippen LogP contribution in [0.4, 0.5) is 11.4 Å². The predicted octanol–water partition coefficient (Wildman–Crippen LogP) is 4.61. The second kappa shape index (κ2) is 9.00. The maximum Gasteiger partial charge on any atom is 0.238 e. The summed E-state index contributed by atoms with van der Waals surface area (Å²) in [5.41, 5.74) is 2.37. The number of methoxy groups -OCH3 is 2. The molecule has 30 heavy (non-hydrogen) atoms. The fraction of sp³-hybridized carbons (Fsp3) is 0.391. The number of para-hydroxylation sites is 1. The molecule has 4 rings (SSSR count). The summed E-state index contributed by atoms with van der Waals surface area (Å²) in [6.45, 7) is 0. The van der Waals surface area contributed by atoms with E-state index in [0.717, 1.165) is 36.9 Å². The van der Waals surface area contributed by atoms with Crippen molar-refractivity contribution in [2.75, 3.05) is 30.2 Å². The van der Waals surface area contributed by atoms with Gasteiger partial charge >= 0.3 is 0 Å². The van der Waals surface area contributed by atoms with Crippen molar-refractivity contribution in [2.24, 2.45) is 5.92 Å². The highest BCUT2D eigenvalue weighted by Gasteiger charge is 2.37. The van der Waals surface area contributed by atoms with Crippen LogP contribution in [0.25, 0.3) is 0 Å². The number of amides is 2. The molecule has 1 aliphatic carbocycles. The van der Waals surface area contributed by atoms with Crippen molar-refractivity contribution in [3.8, 4) is 11.5 Å². The maximum atomic E-state index is 12.9. The highest BCUT2D eigenvalue weighted by Crippen LogP contribution is 2.47. The Bertz CT molecular complexity index is 943. The van der Waals surface area contributed by atoms with Crippen molar-refractivity contribution < 1.29 is 19.1 Å². The van der Waals surface area contributed by atoms with Gasteiger partial charge in [0.1, 0.15) is 16.9 Å². The number of nitrogens with one attached hydrogen (secondary N) is 1. The van der Waals surface area contributed by atoms with E-state index in [0.29, 0.717) is 22.9 Å². The number of ether oxygens (including phenoxy) is 2. The highest BCUT2D eigenvalue weighted by atomic mass is 32.2. The summed E-state index contributed by atoms with van der Waals surface area (Å²) in [5, 5.41) is 2.87. The van der Waals surface area contributed by atoms with Crippen LogP contribution in [0.15, 0.2) is 42.5 Å². The molecule has 1 heterocycles. The Labute approximate surface area is 180 Å². The molecule has 0 bridgehead atoms. The van der Waals surface area contributed by atoms with E-state index in [4.69, 9.17) is 9.47 Å². The average molecular weight is 427 g/mol. The molecule has 2 aromatic carbocycles. The standard InChI is InChI=1S/C23H26N2O4S/c1-28-16-11-12-19(20(13-16)29-2)25-21(26)14-30-23(25)17-9-5-6-10-18(17)24-22(27)15-7-3-4-8-15/h5-6,9-13,15,23H,3-4,7-8,14H2,1-2H3,(H,24,27). The number of hydrogen-bond acceptors (Lipinski definition) is 5. The third-order valence-electron chi connectivity index (χ3n) is 5.72. The summed E-state index contributed by atoms with van der Waals surface area (Å²) in [6, 6.07) is 13.2. The number of anilines is 2. The molecule has 2 aromatic rings. The van der Waals surface area contributed by atoms with E-state index >= 15 is 0 Å². The van der Waals surface area contributed by atoms with E-state index in [-0.39, 0.29) is 23.1 Å². The monoisotopic (exact) mass is 426 g/mol. The van der Waals surface area contributed by atoms with E-state index in [1.807, 2.05) is 36.4 Å². The molecule has 1 saturated heterocycles. The molecule has 1 aliphatic heterocycles. The van der Waals surface area contributed by atoms with Crippen LogP contribution in [0.2, 0.25) is 0 Å². The Morgan fingerprint density at radius 1 is 1.10 bits per heavy atom. The van der Waals surface area contributed by atoms with Crippen molar-refractivity contribution in [1.29, 1.82) is 0 Å².